The summed E-state index contributed by atoms with van der Waals surface area (Å²) in [5.74, 6) is -1.24. The smallest absolute Gasteiger partial charge is 0.410 e. The lowest BCUT2D eigenvalue weighted by Gasteiger charge is -2.34. The molecular formula is C16H22F2N2O2. The highest BCUT2D eigenvalue weighted by Crippen LogP contribution is 2.21. The molecule has 1 fully saturated rings. The molecule has 1 N–H and O–H groups in total. The van der Waals surface area contributed by atoms with Crippen molar-refractivity contribution < 1.29 is 18.3 Å². The summed E-state index contributed by atoms with van der Waals surface area (Å²) >= 11 is 0. The van der Waals surface area contributed by atoms with Crippen molar-refractivity contribution in [2.75, 3.05) is 18.4 Å². The minimum absolute atomic E-state index is 0.0822. The lowest BCUT2D eigenvalue weighted by atomic mass is 10.1. The number of carbonyl (C=O) groups excluding carboxylic acids is 1. The van der Waals surface area contributed by atoms with Gasteiger partial charge in [-0.1, -0.05) is 0 Å². The third kappa shape index (κ3) is 4.58. The van der Waals surface area contributed by atoms with Crippen molar-refractivity contribution in [3.63, 3.8) is 0 Å². The lowest BCUT2D eigenvalue weighted by Crippen LogP contribution is -2.47. The Morgan fingerprint density at radius 1 is 1.36 bits per heavy atom. The van der Waals surface area contributed by atoms with Crippen LogP contribution in [-0.4, -0.2) is 35.7 Å². The predicted octanol–water partition coefficient (Wildman–Crippen LogP) is 3.78. The first-order chi connectivity index (χ1) is 10.2. The molecule has 1 amide bonds. The van der Waals surface area contributed by atoms with Crippen molar-refractivity contribution in [2.24, 2.45) is 0 Å². The molecule has 0 aromatic heterocycles. The SMILES string of the molecule is CC(C)(C)OC(=O)N1CCCC(Nc2ccc(F)cc2F)C1. The molecule has 22 heavy (non-hydrogen) atoms. The maximum atomic E-state index is 13.7. The lowest BCUT2D eigenvalue weighted by molar-refractivity contribution is 0.0206. The number of nitrogens with zero attached hydrogens (tertiary/aromatic N) is 1. The Hall–Kier alpha value is -1.85. The first-order valence-electron chi connectivity index (χ1n) is 7.44. The van der Waals surface area contributed by atoms with Crippen LogP contribution in [0.5, 0.6) is 0 Å². The van der Waals surface area contributed by atoms with E-state index in [1.807, 2.05) is 20.8 Å². The number of hydrogen-bond acceptors (Lipinski definition) is 3. The van der Waals surface area contributed by atoms with E-state index in [1.54, 1.807) is 4.90 Å². The monoisotopic (exact) mass is 312 g/mol. The Morgan fingerprint density at radius 2 is 2.09 bits per heavy atom. The molecule has 1 aliphatic rings. The second kappa shape index (κ2) is 6.50. The van der Waals surface area contributed by atoms with Crippen LogP contribution >= 0.6 is 0 Å². The molecule has 1 saturated heterocycles. The highest BCUT2D eigenvalue weighted by atomic mass is 19.1. The Kier molecular flexibility index (Phi) is 4.88. The average molecular weight is 312 g/mol. The summed E-state index contributed by atoms with van der Waals surface area (Å²) in [6.45, 7) is 6.51. The summed E-state index contributed by atoms with van der Waals surface area (Å²) in [4.78, 5) is 13.7. The summed E-state index contributed by atoms with van der Waals surface area (Å²) in [7, 11) is 0. The van der Waals surface area contributed by atoms with Crippen LogP contribution in [0, 0.1) is 11.6 Å². The number of halogens is 2. The van der Waals surface area contributed by atoms with Crippen LogP contribution in [0.4, 0.5) is 19.3 Å². The van der Waals surface area contributed by atoms with Gasteiger partial charge in [0.15, 0.2) is 0 Å². The van der Waals surface area contributed by atoms with Crippen molar-refractivity contribution in [2.45, 2.75) is 45.3 Å². The van der Waals surface area contributed by atoms with Crippen molar-refractivity contribution in [3.8, 4) is 0 Å². The molecule has 1 unspecified atom stereocenters. The summed E-state index contributed by atoms with van der Waals surface area (Å²) in [6, 6.07) is 3.34. The third-order valence-corrected chi connectivity index (χ3v) is 3.36. The van der Waals surface area contributed by atoms with Crippen LogP contribution in [-0.2, 0) is 4.74 Å². The summed E-state index contributed by atoms with van der Waals surface area (Å²) in [5, 5.41) is 3.03. The molecule has 6 heteroatoms. The van der Waals surface area contributed by atoms with Gasteiger partial charge in [0.05, 0.1) is 5.69 Å². The minimum atomic E-state index is -0.630. The van der Waals surface area contributed by atoms with Crippen LogP contribution < -0.4 is 5.32 Å². The number of ether oxygens (including phenoxy) is 1. The molecule has 0 spiro atoms. The Bertz CT molecular complexity index is 543. The molecule has 0 aliphatic carbocycles. The fourth-order valence-electron chi connectivity index (χ4n) is 2.41. The molecule has 1 atom stereocenters. The van der Waals surface area contributed by atoms with Gasteiger partial charge in [-0.05, 0) is 45.7 Å². The Labute approximate surface area is 129 Å². The van der Waals surface area contributed by atoms with Gasteiger partial charge in [0, 0.05) is 25.2 Å². The predicted molar refractivity (Wildman–Crippen MR) is 80.8 cm³/mol. The summed E-state index contributed by atoms with van der Waals surface area (Å²) < 4.78 is 31.9. The Balaban J connectivity index is 1.97. The van der Waals surface area contributed by atoms with Gasteiger partial charge in [-0.3, -0.25) is 0 Å². The van der Waals surface area contributed by atoms with Gasteiger partial charge in [-0.15, -0.1) is 0 Å². The van der Waals surface area contributed by atoms with Crippen LogP contribution in [0.1, 0.15) is 33.6 Å². The zero-order valence-corrected chi connectivity index (χ0v) is 13.2. The molecule has 1 aliphatic heterocycles. The maximum Gasteiger partial charge on any atom is 0.410 e. The van der Waals surface area contributed by atoms with E-state index >= 15 is 0 Å². The molecule has 4 nitrogen and oxygen atoms in total. The van der Waals surface area contributed by atoms with E-state index in [2.05, 4.69) is 5.32 Å². The molecule has 0 bridgehead atoms. The van der Waals surface area contributed by atoms with E-state index < -0.39 is 17.2 Å². The number of benzene rings is 1. The average Bonchev–Trinajstić information content (AvgIpc) is 2.40. The van der Waals surface area contributed by atoms with Crippen LogP contribution in [0.25, 0.3) is 0 Å². The van der Waals surface area contributed by atoms with Gasteiger partial charge in [-0.25, -0.2) is 13.6 Å². The fraction of sp³-hybridized carbons (Fsp3) is 0.562. The molecule has 1 aromatic rings. The van der Waals surface area contributed by atoms with E-state index in [1.165, 1.54) is 12.1 Å². The Morgan fingerprint density at radius 3 is 2.73 bits per heavy atom. The number of amides is 1. The number of anilines is 1. The molecule has 1 aromatic carbocycles. The van der Waals surface area contributed by atoms with Crippen LogP contribution in [0.2, 0.25) is 0 Å². The van der Waals surface area contributed by atoms with Crippen molar-refractivity contribution in [3.05, 3.63) is 29.8 Å². The van der Waals surface area contributed by atoms with Gasteiger partial charge >= 0.3 is 6.09 Å². The first kappa shape index (κ1) is 16.5. The van der Waals surface area contributed by atoms with Gasteiger partial charge in [0.1, 0.15) is 17.2 Å². The third-order valence-electron chi connectivity index (χ3n) is 3.36. The van der Waals surface area contributed by atoms with Crippen LogP contribution in [0.3, 0.4) is 0 Å². The number of rotatable bonds is 2. The highest BCUT2D eigenvalue weighted by molar-refractivity contribution is 5.68. The molecule has 2 rings (SSSR count). The van der Waals surface area contributed by atoms with Crippen molar-refractivity contribution in [1.29, 1.82) is 0 Å². The fourth-order valence-corrected chi connectivity index (χ4v) is 2.41. The second-order valence-electron chi connectivity index (χ2n) is 6.53. The topological polar surface area (TPSA) is 41.6 Å². The molecule has 0 saturated carbocycles. The highest BCUT2D eigenvalue weighted by Gasteiger charge is 2.27. The summed E-state index contributed by atoms with van der Waals surface area (Å²) in [6.07, 6.45) is 1.26. The van der Waals surface area contributed by atoms with E-state index in [0.717, 1.165) is 18.9 Å². The number of piperidine rings is 1. The molecule has 1 heterocycles. The van der Waals surface area contributed by atoms with Crippen molar-refractivity contribution >= 4 is 11.8 Å². The van der Waals surface area contributed by atoms with Gasteiger partial charge < -0.3 is 15.0 Å². The quantitative estimate of drug-likeness (QED) is 0.903. The molecular weight excluding hydrogens is 290 g/mol. The molecule has 0 radical (unpaired) electrons. The second-order valence-corrected chi connectivity index (χ2v) is 6.53. The van der Waals surface area contributed by atoms with E-state index in [9.17, 15) is 13.6 Å². The number of nitrogens with one attached hydrogen (secondary N) is 1. The normalized spacial score (nSPS) is 19.0. The maximum absolute atomic E-state index is 13.7. The van der Waals surface area contributed by atoms with E-state index in [-0.39, 0.29) is 17.8 Å². The van der Waals surface area contributed by atoms with Gasteiger partial charge in [0.25, 0.3) is 0 Å². The number of likely N-dealkylation sites (tertiary alicyclic amines) is 1. The largest absolute Gasteiger partial charge is 0.444 e. The van der Waals surface area contributed by atoms with E-state index in [0.29, 0.717) is 13.1 Å². The molecule has 122 valence electrons. The first-order valence-corrected chi connectivity index (χ1v) is 7.44. The number of hydrogen-bond donors (Lipinski definition) is 1. The zero-order valence-electron chi connectivity index (χ0n) is 13.2. The van der Waals surface area contributed by atoms with Crippen LogP contribution in [0.15, 0.2) is 18.2 Å². The minimum Gasteiger partial charge on any atom is -0.444 e. The zero-order chi connectivity index (χ0) is 16.3. The number of carbonyl (C=O) groups is 1. The van der Waals surface area contributed by atoms with E-state index in [4.69, 9.17) is 4.74 Å². The van der Waals surface area contributed by atoms with Gasteiger partial charge in [0.2, 0.25) is 0 Å². The van der Waals surface area contributed by atoms with Gasteiger partial charge in [-0.2, -0.15) is 0 Å². The van der Waals surface area contributed by atoms with Crippen molar-refractivity contribution in [1.82, 2.24) is 4.90 Å². The summed E-state index contributed by atoms with van der Waals surface area (Å²) in [5.41, 5.74) is -0.294. The standard InChI is InChI=1S/C16H22F2N2O2/c1-16(2,3)22-15(21)20-8-4-5-12(10-20)19-14-7-6-11(17)9-13(14)18/h6-7,9,12,19H,4-5,8,10H2,1-3H3.